The summed E-state index contributed by atoms with van der Waals surface area (Å²) in [5, 5.41) is 1.74. The number of nitrogens with zero attached hydrogens (tertiary/aromatic N) is 1. The summed E-state index contributed by atoms with van der Waals surface area (Å²) in [5.41, 5.74) is 4.14. The van der Waals surface area contributed by atoms with Crippen LogP contribution >= 0.6 is 35.6 Å². The smallest absolute Gasteiger partial charge is 0.285 e. The van der Waals surface area contributed by atoms with Gasteiger partial charge in [-0.05, 0) is 42.1 Å². The van der Waals surface area contributed by atoms with E-state index in [2.05, 4.69) is 5.43 Å². The number of hydrogen-bond donors (Lipinski definition) is 1. The third kappa shape index (κ3) is 4.88. The minimum Gasteiger partial charge on any atom is -0.489 e. The van der Waals surface area contributed by atoms with Crippen LogP contribution in [0, 0.1) is 0 Å². The Hall–Kier alpha value is -2.35. The number of thiocarbonyl (C=S) groups is 1. The van der Waals surface area contributed by atoms with Crippen LogP contribution in [0.5, 0.6) is 5.75 Å². The first kappa shape index (κ1) is 19.4. The lowest BCUT2D eigenvalue weighted by molar-refractivity contribution is -0.131. The third-order valence-corrected chi connectivity index (χ3v) is 5.26. The van der Waals surface area contributed by atoms with Crippen LogP contribution in [0.25, 0.3) is 6.08 Å². The summed E-state index contributed by atoms with van der Waals surface area (Å²) < 4.78 is 6.04. The molecule has 0 aromatic heterocycles. The van der Waals surface area contributed by atoms with E-state index >= 15 is 0 Å². The molecular weight excluding hydrogens is 404 g/mol. The van der Waals surface area contributed by atoms with Crippen LogP contribution in [0.4, 0.5) is 0 Å². The quantitative estimate of drug-likeness (QED) is 0.583. The molecule has 5 nitrogen and oxygen atoms in total. The number of carbonyl (C=O) groups is 2. The Balaban J connectivity index is 1.66. The standard InChI is InChI=1S/C19H15ClN2O3S2/c1-12(23)21-22-18(24)17(27-19(22)26)10-13-6-8-15(9-7-13)25-11-14-4-2-3-5-16(14)20/h2-10H,11H2,1H3,(H,21,23)/b17-10-. The van der Waals surface area contributed by atoms with E-state index in [0.717, 1.165) is 27.9 Å². The van der Waals surface area contributed by atoms with Gasteiger partial charge >= 0.3 is 0 Å². The molecule has 1 heterocycles. The van der Waals surface area contributed by atoms with E-state index in [9.17, 15) is 9.59 Å². The van der Waals surface area contributed by atoms with Crippen molar-refractivity contribution in [3.8, 4) is 5.75 Å². The van der Waals surface area contributed by atoms with E-state index < -0.39 is 0 Å². The van der Waals surface area contributed by atoms with Gasteiger partial charge in [0, 0.05) is 17.5 Å². The molecule has 8 heteroatoms. The number of amides is 2. The first-order chi connectivity index (χ1) is 12.9. The summed E-state index contributed by atoms with van der Waals surface area (Å²) in [6.45, 7) is 1.69. The average molecular weight is 419 g/mol. The zero-order valence-corrected chi connectivity index (χ0v) is 16.7. The number of rotatable bonds is 5. The Morgan fingerprint density at radius 3 is 2.63 bits per heavy atom. The zero-order valence-electron chi connectivity index (χ0n) is 14.3. The number of hydrogen-bond acceptors (Lipinski definition) is 5. The van der Waals surface area contributed by atoms with Crippen LogP contribution in [0.15, 0.2) is 53.4 Å². The van der Waals surface area contributed by atoms with E-state index in [1.165, 1.54) is 6.92 Å². The Kier molecular flexibility index (Phi) is 6.15. The summed E-state index contributed by atoms with van der Waals surface area (Å²) in [4.78, 5) is 23.9. The molecule has 1 N–H and O–H groups in total. The summed E-state index contributed by atoms with van der Waals surface area (Å²) in [6, 6.07) is 14.8. The highest BCUT2D eigenvalue weighted by atomic mass is 35.5. The van der Waals surface area contributed by atoms with Gasteiger partial charge in [0.05, 0.1) is 4.91 Å². The molecule has 2 aromatic carbocycles. The second kappa shape index (κ2) is 8.56. The normalized spacial score (nSPS) is 15.3. The molecule has 0 radical (unpaired) electrons. The van der Waals surface area contributed by atoms with Crippen LogP contribution in [-0.4, -0.2) is 21.1 Å². The minimum absolute atomic E-state index is 0.293. The van der Waals surface area contributed by atoms with Crippen LogP contribution in [0.1, 0.15) is 18.1 Å². The van der Waals surface area contributed by atoms with Crippen LogP contribution in [0.2, 0.25) is 5.02 Å². The Bertz CT molecular complexity index is 929. The van der Waals surface area contributed by atoms with Crippen LogP contribution in [-0.2, 0) is 16.2 Å². The van der Waals surface area contributed by atoms with Crippen LogP contribution < -0.4 is 10.2 Å². The third-order valence-electron chi connectivity index (χ3n) is 3.59. The van der Waals surface area contributed by atoms with Gasteiger partial charge in [-0.3, -0.25) is 15.0 Å². The topological polar surface area (TPSA) is 58.6 Å². The average Bonchev–Trinajstić information content (AvgIpc) is 2.89. The van der Waals surface area contributed by atoms with E-state index in [1.807, 2.05) is 48.5 Å². The molecular formula is C19H15ClN2O3S2. The van der Waals surface area contributed by atoms with Gasteiger partial charge < -0.3 is 4.74 Å². The van der Waals surface area contributed by atoms with E-state index in [-0.39, 0.29) is 11.8 Å². The maximum atomic E-state index is 12.3. The highest BCUT2D eigenvalue weighted by molar-refractivity contribution is 8.26. The lowest BCUT2D eigenvalue weighted by Crippen LogP contribution is -2.43. The molecule has 2 aromatic rings. The van der Waals surface area contributed by atoms with Gasteiger partial charge in [0.15, 0.2) is 4.32 Å². The second-order valence-electron chi connectivity index (χ2n) is 5.63. The molecule has 0 atom stereocenters. The molecule has 138 valence electrons. The van der Waals surface area contributed by atoms with Crippen molar-refractivity contribution in [2.45, 2.75) is 13.5 Å². The van der Waals surface area contributed by atoms with Crippen molar-refractivity contribution in [2.24, 2.45) is 0 Å². The number of benzene rings is 2. The predicted molar refractivity (Wildman–Crippen MR) is 111 cm³/mol. The molecule has 0 saturated carbocycles. The SMILES string of the molecule is CC(=O)NN1C(=O)/C(=C/c2ccc(OCc3ccccc3Cl)cc2)SC1=S. The van der Waals surface area contributed by atoms with E-state index in [0.29, 0.717) is 26.6 Å². The summed E-state index contributed by atoms with van der Waals surface area (Å²) >= 11 is 12.4. The Morgan fingerprint density at radius 1 is 1.26 bits per heavy atom. The molecule has 3 rings (SSSR count). The second-order valence-corrected chi connectivity index (χ2v) is 7.72. The summed E-state index contributed by atoms with van der Waals surface area (Å²) in [7, 11) is 0. The van der Waals surface area contributed by atoms with Crippen molar-refractivity contribution in [1.82, 2.24) is 10.4 Å². The lowest BCUT2D eigenvalue weighted by atomic mass is 10.2. The number of nitrogens with one attached hydrogen (secondary N) is 1. The fourth-order valence-electron chi connectivity index (χ4n) is 2.31. The maximum absolute atomic E-state index is 12.3. The molecule has 1 saturated heterocycles. The number of thioether (sulfide) groups is 1. The van der Waals surface area contributed by atoms with Crippen molar-refractivity contribution < 1.29 is 14.3 Å². The number of ether oxygens (including phenoxy) is 1. The molecule has 0 aliphatic carbocycles. The zero-order chi connectivity index (χ0) is 19.4. The Labute approximate surface area is 171 Å². The van der Waals surface area contributed by atoms with Crippen molar-refractivity contribution in [1.29, 1.82) is 0 Å². The molecule has 27 heavy (non-hydrogen) atoms. The van der Waals surface area contributed by atoms with Crippen molar-refractivity contribution in [3.05, 3.63) is 69.6 Å². The first-order valence-electron chi connectivity index (χ1n) is 7.95. The van der Waals surface area contributed by atoms with E-state index in [4.69, 9.17) is 28.6 Å². The molecule has 1 aliphatic heterocycles. The minimum atomic E-state index is -0.354. The van der Waals surface area contributed by atoms with Crippen molar-refractivity contribution in [2.75, 3.05) is 0 Å². The fraction of sp³-hybridized carbons (Fsp3) is 0.105. The molecule has 0 unspecified atom stereocenters. The van der Waals surface area contributed by atoms with Gasteiger partial charge in [-0.15, -0.1) is 0 Å². The molecule has 1 aliphatic rings. The number of halogens is 1. The van der Waals surface area contributed by atoms with Gasteiger partial charge in [-0.2, -0.15) is 5.01 Å². The van der Waals surface area contributed by atoms with Gasteiger partial charge in [0.2, 0.25) is 5.91 Å². The highest BCUT2D eigenvalue weighted by Gasteiger charge is 2.32. The molecule has 1 fully saturated rings. The van der Waals surface area contributed by atoms with Gasteiger partial charge in [-0.1, -0.05) is 53.7 Å². The molecule has 2 amide bonds. The number of carbonyl (C=O) groups excluding carboxylic acids is 2. The van der Waals surface area contributed by atoms with E-state index in [1.54, 1.807) is 6.08 Å². The first-order valence-corrected chi connectivity index (χ1v) is 9.56. The van der Waals surface area contributed by atoms with Crippen molar-refractivity contribution >= 4 is 57.8 Å². The summed E-state index contributed by atoms with van der Waals surface area (Å²) in [5.74, 6) is -0.00955. The van der Waals surface area contributed by atoms with Crippen molar-refractivity contribution in [3.63, 3.8) is 0 Å². The summed E-state index contributed by atoms with van der Waals surface area (Å²) in [6.07, 6.45) is 1.72. The largest absolute Gasteiger partial charge is 0.489 e. The monoisotopic (exact) mass is 418 g/mol. The maximum Gasteiger partial charge on any atom is 0.285 e. The molecule has 0 bridgehead atoms. The van der Waals surface area contributed by atoms with Crippen LogP contribution in [0.3, 0.4) is 0 Å². The van der Waals surface area contributed by atoms with Gasteiger partial charge in [-0.25, -0.2) is 0 Å². The predicted octanol–water partition coefficient (Wildman–Crippen LogP) is 4.17. The number of hydrazine groups is 1. The lowest BCUT2D eigenvalue weighted by Gasteiger charge is -2.13. The van der Waals surface area contributed by atoms with Gasteiger partial charge in [0.1, 0.15) is 12.4 Å². The molecule has 0 spiro atoms. The highest BCUT2D eigenvalue weighted by Crippen LogP contribution is 2.31. The van der Waals surface area contributed by atoms with Gasteiger partial charge in [0.25, 0.3) is 5.91 Å². The fourth-order valence-corrected chi connectivity index (χ4v) is 3.68. The Morgan fingerprint density at radius 2 is 1.96 bits per heavy atom.